The van der Waals surface area contributed by atoms with Crippen molar-refractivity contribution in [2.24, 2.45) is 17.6 Å². The van der Waals surface area contributed by atoms with Crippen molar-refractivity contribution < 1.29 is 0 Å². The van der Waals surface area contributed by atoms with E-state index in [4.69, 9.17) is 5.73 Å². The zero-order valence-corrected chi connectivity index (χ0v) is 13.3. The molecule has 1 heterocycles. The van der Waals surface area contributed by atoms with E-state index in [0.717, 1.165) is 18.4 Å². The predicted octanol–water partition coefficient (Wildman–Crippen LogP) is 4.02. The van der Waals surface area contributed by atoms with E-state index >= 15 is 0 Å². The fourth-order valence-corrected chi connectivity index (χ4v) is 4.33. The molecule has 3 heteroatoms. The van der Waals surface area contributed by atoms with Crippen LogP contribution in [-0.4, -0.2) is 24.5 Å². The first-order valence-electron chi connectivity index (χ1n) is 8.25. The monoisotopic (exact) mass is 300 g/mol. The van der Waals surface area contributed by atoms with E-state index in [9.17, 15) is 0 Å². The van der Waals surface area contributed by atoms with Gasteiger partial charge in [0.15, 0.2) is 0 Å². The average Bonchev–Trinajstić information content (AvgIpc) is 3.42. The van der Waals surface area contributed by atoms with Crippen LogP contribution < -0.4 is 5.73 Å². The summed E-state index contributed by atoms with van der Waals surface area (Å²) in [6.07, 6.45) is 5.68. The summed E-state index contributed by atoms with van der Waals surface area (Å²) in [7, 11) is 0. The van der Waals surface area contributed by atoms with Crippen LogP contribution in [0.3, 0.4) is 0 Å². The summed E-state index contributed by atoms with van der Waals surface area (Å²) in [4.78, 5) is 2.70. The van der Waals surface area contributed by atoms with Gasteiger partial charge in [-0.1, -0.05) is 18.2 Å². The first-order valence-corrected chi connectivity index (χ1v) is 9.13. The first-order chi connectivity index (χ1) is 10.3. The van der Waals surface area contributed by atoms with Crippen LogP contribution >= 0.6 is 11.3 Å². The van der Waals surface area contributed by atoms with Crippen molar-refractivity contribution in [2.75, 3.05) is 19.6 Å². The number of hydrogen-bond donors (Lipinski definition) is 1. The van der Waals surface area contributed by atoms with Crippen molar-refractivity contribution in [3.8, 4) is 0 Å². The molecule has 21 heavy (non-hydrogen) atoms. The van der Waals surface area contributed by atoms with Gasteiger partial charge in [-0.25, -0.2) is 0 Å². The molecule has 112 valence electrons. The lowest BCUT2D eigenvalue weighted by Gasteiger charge is -2.31. The Balaban J connectivity index is 1.63. The summed E-state index contributed by atoms with van der Waals surface area (Å²) >= 11 is 1.86. The highest BCUT2D eigenvalue weighted by Crippen LogP contribution is 2.39. The standard InChI is InChI=1S/C18H24N2S/c19-9-17(16-12-21-18-4-2-1-3-15(16)18)20(10-13-5-6-13)11-14-7-8-14/h1-4,12-14,17H,5-11,19H2. The lowest BCUT2D eigenvalue weighted by Crippen LogP contribution is -2.36. The van der Waals surface area contributed by atoms with Gasteiger partial charge in [-0.2, -0.15) is 0 Å². The maximum Gasteiger partial charge on any atom is 0.0485 e. The zero-order valence-electron chi connectivity index (χ0n) is 12.5. The molecule has 1 aromatic heterocycles. The maximum atomic E-state index is 6.21. The Morgan fingerprint density at radius 1 is 1.10 bits per heavy atom. The van der Waals surface area contributed by atoms with Gasteiger partial charge >= 0.3 is 0 Å². The number of nitrogens with zero attached hydrogens (tertiary/aromatic N) is 1. The van der Waals surface area contributed by atoms with Gasteiger partial charge in [-0.3, -0.25) is 4.90 Å². The molecule has 1 aromatic carbocycles. The predicted molar refractivity (Wildman–Crippen MR) is 90.6 cm³/mol. The second kappa shape index (κ2) is 5.71. The van der Waals surface area contributed by atoms with Crippen LogP contribution in [0.5, 0.6) is 0 Å². The molecule has 2 saturated carbocycles. The lowest BCUT2D eigenvalue weighted by atomic mass is 10.0. The smallest absolute Gasteiger partial charge is 0.0485 e. The molecular formula is C18H24N2S. The Morgan fingerprint density at radius 3 is 2.38 bits per heavy atom. The minimum absolute atomic E-state index is 0.405. The van der Waals surface area contributed by atoms with Gasteiger partial charge in [0.05, 0.1) is 0 Å². The summed E-state index contributed by atoms with van der Waals surface area (Å²) in [5.41, 5.74) is 7.67. The Hall–Kier alpha value is -0.900. The van der Waals surface area contributed by atoms with Gasteiger partial charge < -0.3 is 5.73 Å². The molecule has 0 bridgehead atoms. The van der Waals surface area contributed by atoms with E-state index in [1.807, 2.05) is 11.3 Å². The molecular weight excluding hydrogens is 276 g/mol. The first kappa shape index (κ1) is 13.7. The van der Waals surface area contributed by atoms with Crippen LogP contribution in [0.1, 0.15) is 37.3 Å². The van der Waals surface area contributed by atoms with Crippen molar-refractivity contribution in [3.05, 3.63) is 35.2 Å². The average molecular weight is 300 g/mol. The molecule has 2 N–H and O–H groups in total. The Kier molecular flexibility index (Phi) is 3.74. The topological polar surface area (TPSA) is 29.3 Å². The Morgan fingerprint density at radius 2 is 1.76 bits per heavy atom. The van der Waals surface area contributed by atoms with E-state index in [-0.39, 0.29) is 0 Å². The maximum absolute atomic E-state index is 6.21. The molecule has 0 saturated heterocycles. The third-order valence-corrected chi connectivity index (χ3v) is 5.89. The second-order valence-electron chi connectivity index (χ2n) is 6.78. The van der Waals surface area contributed by atoms with E-state index in [2.05, 4.69) is 34.5 Å². The van der Waals surface area contributed by atoms with E-state index < -0.39 is 0 Å². The van der Waals surface area contributed by atoms with E-state index in [1.54, 1.807) is 0 Å². The van der Waals surface area contributed by atoms with Crippen molar-refractivity contribution in [2.45, 2.75) is 31.7 Å². The Labute approximate surface area is 130 Å². The van der Waals surface area contributed by atoms with Crippen molar-refractivity contribution >= 4 is 21.4 Å². The molecule has 0 spiro atoms. The summed E-state index contributed by atoms with van der Waals surface area (Å²) in [6.45, 7) is 3.24. The highest BCUT2D eigenvalue weighted by Gasteiger charge is 2.33. The summed E-state index contributed by atoms with van der Waals surface area (Å²) in [5.74, 6) is 1.87. The summed E-state index contributed by atoms with van der Waals surface area (Å²) in [5, 5.41) is 3.75. The Bertz CT molecular complexity index is 598. The van der Waals surface area contributed by atoms with Crippen LogP contribution in [0.15, 0.2) is 29.6 Å². The third-order valence-electron chi connectivity index (χ3n) is 4.91. The molecule has 2 aliphatic carbocycles. The minimum atomic E-state index is 0.405. The number of nitrogens with two attached hydrogens (primary N) is 1. The summed E-state index contributed by atoms with van der Waals surface area (Å²) in [6, 6.07) is 9.17. The summed E-state index contributed by atoms with van der Waals surface area (Å²) < 4.78 is 1.39. The number of rotatable bonds is 7. The van der Waals surface area contributed by atoms with E-state index in [0.29, 0.717) is 6.04 Å². The lowest BCUT2D eigenvalue weighted by molar-refractivity contribution is 0.186. The fraction of sp³-hybridized carbons (Fsp3) is 0.556. The van der Waals surface area contributed by atoms with Crippen molar-refractivity contribution in [3.63, 3.8) is 0 Å². The molecule has 2 aromatic rings. The molecule has 2 fully saturated rings. The molecule has 4 rings (SSSR count). The van der Waals surface area contributed by atoms with Gasteiger partial charge in [-0.05, 0) is 59.9 Å². The van der Waals surface area contributed by atoms with E-state index in [1.165, 1.54) is 54.4 Å². The normalized spacial score (nSPS) is 20.3. The van der Waals surface area contributed by atoms with Crippen LogP contribution in [0, 0.1) is 11.8 Å². The van der Waals surface area contributed by atoms with Crippen molar-refractivity contribution in [1.29, 1.82) is 0 Å². The number of hydrogen-bond acceptors (Lipinski definition) is 3. The molecule has 1 atom stereocenters. The molecule has 1 unspecified atom stereocenters. The van der Waals surface area contributed by atoms with Gasteiger partial charge in [0.1, 0.15) is 0 Å². The van der Waals surface area contributed by atoms with Crippen LogP contribution in [0.2, 0.25) is 0 Å². The van der Waals surface area contributed by atoms with Crippen LogP contribution in [0.4, 0.5) is 0 Å². The number of fused-ring (bicyclic) bond motifs is 1. The molecule has 0 aliphatic heterocycles. The molecule has 2 aliphatic rings. The van der Waals surface area contributed by atoms with Gasteiger partial charge in [0.2, 0.25) is 0 Å². The van der Waals surface area contributed by atoms with Gasteiger partial charge in [0.25, 0.3) is 0 Å². The van der Waals surface area contributed by atoms with Gasteiger partial charge in [0, 0.05) is 30.4 Å². The van der Waals surface area contributed by atoms with Gasteiger partial charge in [-0.15, -0.1) is 11.3 Å². The molecule has 2 nitrogen and oxygen atoms in total. The number of benzene rings is 1. The van der Waals surface area contributed by atoms with Crippen LogP contribution in [-0.2, 0) is 0 Å². The zero-order chi connectivity index (χ0) is 14.2. The highest BCUT2D eigenvalue weighted by atomic mass is 32.1. The fourth-order valence-electron chi connectivity index (χ4n) is 3.32. The highest BCUT2D eigenvalue weighted by molar-refractivity contribution is 7.17. The number of thiophene rings is 1. The SMILES string of the molecule is NCC(c1csc2ccccc12)N(CC1CC1)CC1CC1. The third kappa shape index (κ3) is 3.01. The quantitative estimate of drug-likeness (QED) is 0.836. The second-order valence-corrected chi connectivity index (χ2v) is 7.69. The minimum Gasteiger partial charge on any atom is -0.329 e. The molecule has 0 radical (unpaired) electrons. The molecule has 0 amide bonds. The van der Waals surface area contributed by atoms with Crippen LogP contribution in [0.25, 0.3) is 10.1 Å². The van der Waals surface area contributed by atoms with Crippen molar-refractivity contribution in [1.82, 2.24) is 4.90 Å². The largest absolute Gasteiger partial charge is 0.329 e.